The van der Waals surface area contributed by atoms with Crippen LogP contribution in [-0.4, -0.2) is 33.8 Å². The Morgan fingerprint density at radius 1 is 1.09 bits per heavy atom. The Labute approximate surface area is 199 Å². The molecular weight excluding hydrogens is 428 g/mol. The van der Waals surface area contributed by atoms with Gasteiger partial charge in [-0.15, -0.1) is 0 Å². The smallest absolute Gasteiger partial charge is 0.295 e. The number of methoxy groups -OCH3 is 1. The molecule has 0 saturated carbocycles. The molecule has 0 aliphatic carbocycles. The molecule has 1 unspecified atom stereocenters. The van der Waals surface area contributed by atoms with Gasteiger partial charge < -0.3 is 14.7 Å². The lowest BCUT2D eigenvalue weighted by Crippen LogP contribution is -2.29. The van der Waals surface area contributed by atoms with Crippen LogP contribution < -0.4 is 4.74 Å². The minimum Gasteiger partial charge on any atom is -0.507 e. The van der Waals surface area contributed by atoms with Crippen molar-refractivity contribution in [3.8, 4) is 5.75 Å². The highest BCUT2D eigenvalue weighted by Gasteiger charge is 2.46. The summed E-state index contributed by atoms with van der Waals surface area (Å²) in [7, 11) is 1.60. The molecule has 6 heteroatoms. The van der Waals surface area contributed by atoms with Gasteiger partial charge in [-0.2, -0.15) is 0 Å². The molecule has 0 spiro atoms. The van der Waals surface area contributed by atoms with Crippen LogP contribution in [0.4, 0.5) is 0 Å². The molecule has 1 fully saturated rings. The molecule has 4 rings (SSSR count). The molecule has 2 aromatic carbocycles. The highest BCUT2D eigenvalue weighted by atomic mass is 16.5. The molecule has 1 saturated heterocycles. The van der Waals surface area contributed by atoms with Gasteiger partial charge in [0.05, 0.1) is 18.7 Å². The SMILES string of the molecule is COc1ccc(/C(O)=C2/C(=O)C(=O)N(Cc3ccncc3)C2c2cccc(C)c2)cc1C(C)C. The average molecular weight is 457 g/mol. The van der Waals surface area contributed by atoms with Gasteiger partial charge in [0, 0.05) is 24.5 Å². The molecule has 1 N–H and O–H groups in total. The van der Waals surface area contributed by atoms with Gasteiger partial charge in [-0.05, 0) is 59.9 Å². The molecule has 0 bridgehead atoms. The Hall–Kier alpha value is -3.93. The molecule has 34 heavy (non-hydrogen) atoms. The van der Waals surface area contributed by atoms with Crippen molar-refractivity contribution in [1.82, 2.24) is 9.88 Å². The van der Waals surface area contributed by atoms with Crippen LogP contribution in [0.5, 0.6) is 5.75 Å². The van der Waals surface area contributed by atoms with Crippen LogP contribution in [0.25, 0.3) is 5.76 Å². The number of Topliss-reactive ketones (excluding diaryl/α,β-unsaturated/α-hetero) is 1. The summed E-state index contributed by atoms with van der Waals surface area (Å²) in [6.45, 7) is 6.24. The molecule has 1 aliphatic heterocycles. The maximum Gasteiger partial charge on any atom is 0.295 e. The summed E-state index contributed by atoms with van der Waals surface area (Å²) in [5.74, 6) is -0.668. The first-order valence-electron chi connectivity index (χ1n) is 11.2. The first-order chi connectivity index (χ1) is 16.3. The zero-order valence-corrected chi connectivity index (χ0v) is 19.8. The standard InChI is InChI=1S/C28H28N2O4/c1-17(2)22-15-21(8-9-23(22)34-4)26(31)24-25(20-7-5-6-18(3)14-20)30(28(33)27(24)32)16-19-10-12-29-13-11-19/h5-15,17,25,31H,16H2,1-4H3/b26-24-. The number of hydrogen-bond donors (Lipinski definition) is 1. The number of nitrogens with zero attached hydrogens (tertiary/aromatic N) is 2. The second-order valence-corrected chi connectivity index (χ2v) is 8.81. The van der Waals surface area contributed by atoms with E-state index in [-0.39, 0.29) is 23.8 Å². The summed E-state index contributed by atoms with van der Waals surface area (Å²) in [6.07, 6.45) is 3.30. The Bertz CT molecular complexity index is 1260. The number of hydrogen-bond acceptors (Lipinski definition) is 5. The zero-order chi connectivity index (χ0) is 24.4. The number of carbonyl (C=O) groups is 2. The topological polar surface area (TPSA) is 79.7 Å². The molecule has 6 nitrogen and oxygen atoms in total. The van der Waals surface area contributed by atoms with Gasteiger partial charge in [-0.1, -0.05) is 43.7 Å². The Morgan fingerprint density at radius 3 is 2.47 bits per heavy atom. The van der Waals surface area contributed by atoms with Crippen molar-refractivity contribution in [1.29, 1.82) is 0 Å². The van der Waals surface area contributed by atoms with Gasteiger partial charge in [-0.3, -0.25) is 14.6 Å². The predicted molar refractivity (Wildman–Crippen MR) is 130 cm³/mol. The van der Waals surface area contributed by atoms with E-state index in [9.17, 15) is 14.7 Å². The fourth-order valence-corrected chi connectivity index (χ4v) is 4.40. The van der Waals surface area contributed by atoms with Crippen molar-refractivity contribution in [2.45, 2.75) is 39.3 Å². The van der Waals surface area contributed by atoms with E-state index in [2.05, 4.69) is 4.98 Å². The van der Waals surface area contributed by atoms with Crippen LogP contribution in [0.2, 0.25) is 0 Å². The van der Waals surface area contributed by atoms with Crippen molar-refractivity contribution < 1.29 is 19.4 Å². The van der Waals surface area contributed by atoms with Gasteiger partial charge in [0.2, 0.25) is 0 Å². The predicted octanol–water partition coefficient (Wildman–Crippen LogP) is 5.14. The van der Waals surface area contributed by atoms with Crippen molar-refractivity contribution in [2.24, 2.45) is 0 Å². The third-order valence-corrected chi connectivity index (χ3v) is 6.13. The summed E-state index contributed by atoms with van der Waals surface area (Å²) in [6, 6.07) is 15.9. The number of aliphatic hydroxyl groups is 1. The Balaban J connectivity index is 1.89. The van der Waals surface area contributed by atoms with Crippen molar-refractivity contribution in [3.63, 3.8) is 0 Å². The van der Waals surface area contributed by atoms with Crippen molar-refractivity contribution >= 4 is 17.4 Å². The monoisotopic (exact) mass is 456 g/mol. The zero-order valence-electron chi connectivity index (χ0n) is 19.8. The minimum absolute atomic E-state index is 0.0875. The number of amides is 1. The fraction of sp³-hybridized carbons (Fsp3) is 0.250. The van der Waals surface area contributed by atoms with E-state index in [0.29, 0.717) is 11.3 Å². The van der Waals surface area contributed by atoms with E-state index in [1.165, 1.54) is 4.90 Å². The Morgan fingerprint density at radius 2 is 1.82 bits per heavy atom. The maximum atomic E-state index is 13.3. The second kappa shape index (κ2) is 9.51. The fourth-order valence-electron chi connectivity index (χ4n) is 4.40. The summed E-state index contributed by atoms with van der Waals surface area (Å²) >= 11 is 0. The molecule has 1 atom stereocenters. The lowest BCUT2D eigenvalue weighted by molar-refractivity contribution is -0.140. The number of ether oxygens (including phenoxy) is 1. The number of rotatable bonds is 6. The number of likely N-dealkylation sites (tertiary alicyclic amines) is 1. The lowest BCUT2D eigenvalue weighted by atomic mass is 9.92. The number of aliphatic hydroxyl groups excluding tert-OH is 1. The quantitative estimate of drug-likeness (QED) is 0.315. The number of ketones is 1. The molecule has 1 aromatic heterocycles. The van der Waals surface area contributed by atoms with Crippen LogP contribution in [0.15, 0.2) is 72.6 Å². The van der Waals surface area contributed by atoms with E-state index in [1.54, 1.807) is 31.6 Å². The third kappa shape index (κ3) is 4.31. The second-order valence-electron chi connectivity index (χ2n) is 8.81. The minimum atomic E-state index is -0.710. The molecule has 1 aliphatic rings. The summed E-state index contributed by atoms with van der Waals surface area (Å²) in [4.78, 5) is 32.0. The highest BCUT2D eigenvalue weighted by molar-refractivity contribution is 6.46. The van der Waals surface area contributed by atoms with E-state index in [1.807, 2.05) is 63.2 Å². The molecule has 0 radical (unpaired) electrons. The van der Waals surface area contributed by atoms with Gasteiger partial charge in [-0.25, -0.2) is 0 Å². The molecule has 3 aromatic rings. The van der Waals surface area contributed by atoms with Gasteiger partial charge in [0.15, 0.2) is 0 Å². The molecule has 2 heterocycles. The van der Waals surface area contributed by atoms with Crippen molar-refractivity contribution in [3.05, 3.63) is 100 Å². The molecule has 1 amide bonds. The highest BCUT2D eigenvalue weighted by Crippen LogP contribution is 2.41. The Kier molecular flexibility index (Phi) is 6.50. The van der Waals surface area contributed by atoms with Gasteiger partial charge >= 0.3 is 0 Å². The van der Waals surface area contributed by atoms with Gasteiger partial charge in [0.25, 0.3) is 11.7 Å². The van der Waals surface area contributed by atoms with Crippen LogP contribution in [0.1, 0.15) is 53.6 Å². The first-order valence-corrected chi connectivity index (χ1v) is 11.2. The van der Waals surface area contributed by atoms with E-state index in [0.717, 1.165) is 22.3 Å². The van der Waals surface area contributed by atoms with E-state index in [4.69, 9.17) is 4.74 Å². The number of aryl methyl sites for hydroxylation is 1. The summed E-state index contributed by atoms with van der Waals surface area (Å²) in [5, 5.41) is 11.4. The van der Waals surface area contributed by atoms with Crippen molar-refractivity contribution in [2.75, 3.05) is 7.11 Å². The van der Waals surface area contributed by atoms with Crippen LogP contribution >= 0.6 is 0 Å². The maximum absolute atomic E-state index is 13.3. The normalized spacial score (nSPS) is 17.4. The largest absolute Gasteiger partial charge is 0.507 e. The number of carbonyl (C=O) groups excluding carboxylic acids is 2. The average Bonchev–Trinajstić information content (AvgIpc) is 3.08. The van der Waals surface area contributed by atoms with Crippen LogP contribution in [-0.2, 0) is 16.1 Å². The van der Waals surface area contributed by atoms with E-state index < -0.39 is 17.7 Å². The molecule has 174 valence electrons. The molecular formula is C28H28N2O4. The number of aromatic nitrogens is 1. The number of benzene rings is 2. The third-order valence-electron chi connectivity index (χ3n) is 6.13. The lowest BCUT2D eigenvalue weighted by Gasteiger charge is -2.26. The van der Waals surface area contributed by atoms with Gasteiger partial charge in [0.1, 0.15) is 11.5 Å². The van der Waals surface area contributed by atoms with E-state index >= 15 is 0 Å². The first kappa shape index (κ1) is 23.2. The summed E-state index contributed by atoms with van der Waals surface area (Å²) in [5.41, 5.74) is 4.09. The van der Waals surface area contributed by atoms with Crippen LogP contribution in [0, 0.1) is 6.92 Å². The number of pyridine rings is 1. The summed E-state index contributed by atoms with van der Waals surface area (Å²) < 4.78 is 5.46. The van der Waals surface area contributed by atoms with Crippen LogP contribution in [0.3, 0.4) is 0 Å².